The first-order valence-corrected chi connectivity index (χ1v) is 13.6. The Hall–Kier alpha value is -0.790. The maximum absolute atomic E-state index is 11.1. The average Bonchev–Trinajstić information content (AvgIpc) is 3.46. The number of likely N-dealkylation sites (tertiary alicyclic amines) is 2. The summed E-state index contributed by atoms with van der Waals surface area (Å²) >= 11 is 5.67. The third kappa shape index (κ3) is 5.10. The Kier molecular flexibility index (Phi) is 7.40. The number of aromatic hydroxyl groups is 1. The number of hydrogen-bond acceptors (Lipinski definition) is 6. The van der Waals surface area contributed by atoms with Crippen LogP contribution in [0.5, 0.6) is 5.75 Å². The van der Waals surface area contributed by atoms with Crippen molar-refractivity contribution in [2.45, 2.75) is 65.0 Å². The summed E-state index contributed by atoms with van der Waals surface area (Å²) in [4.78, 5) is 6.29. The summed E-state index contributed by atoms with van der Waals surface area (Å²) in [7, 11) is 3.55. The molecule has 2 aromatic rings. The lowest BCUT2D eigenvalue weighted by Gasteiger charge is -2.21. The Balaban J connectivity index is 1.71. The smallest absolute Gasteiger partial charge is 0.124 e. The van der Waals surface area contributed by atoms with E-state index in [0.717, 1.165) is 60.6 Å². The molecule has 3 heterocycles. The maximum Gasteiger partial charge on any atom is 0.124 e. The van der Waals surface area contributed by atoms with E-state index in [-0.39, 0.29) is 0 Å². The lowest BCUT2D eigenvalue weighted by Crippen LogP contribution is -2.20. The SMILES string of the molecule is CCCCc1c(-c2cc(CN3CCCC3)c(O)c(CN3CCCC3)c2)ssc1=S. The van der Waals surface area contributed by atoms with Crippen molar-refractivity contribution in [2.75, 3.05) is 26.2 Å². The summed E-state index contributed by atoms with van der Waals surface area (Å²) in [6.45, 7) is 8.52. The Morgan fingerprint density at radius 3 is 2.00 bits per heavy atom. The fourth-order valence-electron chi connectivity index (χ4n) is 4.56. The molecule has 1 N–H and O–H groups in total. The highest BCUT2D eigenvalue weighted by Gasteiger charge is 2.21. The second-order valence-corrected chi connectivity index (χ2v) is 11.3. The maximum atomic E-state index is 11.1. The number of hydrogen-bond donors (Lipinski definition) is 1. The lowest BCUT2D eigenvalue weighted by atomic mass is 9.99. The predicted molar refractivity (Wildman–Crippen MR) is 128 cm³/mol. The van der Waals surface area contributed by atoms with Crippen molar-refractivity contribution >= 4 is 32.9 Å². The number of rotatable bonds is 8. The zero-order valence-electron chi connectivity index (χ0n) is 17.4. The summed E-state index contributed by atoms with van der Waals surface area (Å²) in [5, 5.41) is 11.1. The number of phenols is 1. The van der Waals surface area contributed by atoms with Gasteiger partial charge in [0.25, 0.3) is 0 Å². The quantitative estimate of drug-likeness (QED) is 0.371. The number of phenolic OH excluding ortho intramolecular Hbond substituents is 1. The molecule has 0 bridgehead atoms. The standard InChI is InChI=1S/C23H32N2OS3/c1-2-3-8-20-22(28-29-23(20)27)17-13-18(15-24-9-4-5-10-24)21(26)19(14-17)16-25-11-6-7-12-25/h13-14,26H,2-12,15-16H2,1H3. The zero-order valence-corrected chi connectivity index (χ0v) is 19.9. The van der Waals surface area contributed by atoms with Crippen molar-refractivity contribution in [3.8, 4) is 16.2 Å². The van der Waals surface area contributed by atoms with Gasteiger partial charge in [-0.1, -0.05) is 46.2 Å². The van der Waals surface area contributed by atoms with Gasteiger partial charge < -0.3 is 5.11 Å². The van der Waals surface area contributed by atoms with Gasteiger partial charge in [-0.2, -0.15) is 0 Å². The molecule has 0 aliphatic carbocycles. The molecule has 4 rings (SSSR count). The molecule has 158 valence electrons. The summed E-state index contributed by atoms with van der Waals surface area (Å²) in [6, 6.07) is 4.48. The predicted octanol–water partition coefficient (Wildman–Crippen LogP) is 6.45. The molecule has 0 unspecified atom stereocenters. The molecule has 0 radical (unpaired) electrons. The summed E-state index contributed by atoms with van der Waals surface area (Å²) in [6.07, 6.45) is 8.52. The number of nitrogens with zero attached hydrogens (tertiary/aromatic N) is 2. The van der Waals surface area contributed by atoms with E-state index >= 15 is 0 Å². The summed E-state index contributed by atoms with van der Waals surface area (Å²) < 4.78 is 1.05. The molecule has 2 saturated heterocycles. The molecule has 0 saturated carbocycles. The summed E-state index contributed by atoms with van der Waals surface area (Å²) in [5.74, 6) is 0.515. The van der Waals surface area contributed by atoms with Crippen molar-refractivity contribution in [3.63, 3.8) is 0 Å². The molecular formula is C23H32N2OS3. The van der Waals surface area contributed by atoms with Gasteiger partial charge in [0, 0.05) is 24.2 Å². The Bertz CT molecular complexity index is 837. The topological polar surface area (TPSA) is 26.7 Å². The van der Waals surface area contributed by atoms with Gasteiger partial charge in [-0.25, -0.2) is 0 Å². The minimum absolute atomic E-state index is 0.515. The van der Waals surface area contributed by atoms with E-state index in [1.165, 1.54) is 54.5 Å². The fourth-order valence-corrected chi connectivity index (χ4v) is 7.55. The molecule has 3 nitrogen and oxygen atoms in total. The van der Waals surface area contributed by atoms with Gasteiger partial charge in [-0.15, -0.1) is 0 Å². The van der Waals surface area contributed by atoms with Gasteiger partial charge in [-0.05, 0) is 88.0 Å². The van der Waals surface area contributed by atoms with Crippen molar-refractivity contribution in [3.05, 3.63) is 32.6 Å². The van der Waals surface area contributed by atoms with Gasteiger partial charge in [0.05, 0.1) is 4.88 Å². The van der Waals surface area contributed by atoms with Crippen molar-refractivity contribution in [2.24, 2.45) is 0 Å². The molecule has 1 aromatic carbocycles. The largest absolute Gasteiger partial charge is 0.507 e. The third-order valence-electron chi connectivity index (χ3n) is 6.22. The first kappa shape index (κ1) is 21.4. The molecule has 1 aromatic heterocycles. The van der Waals surface area contributed by atoms with Crippen LogP contribution in [0.25, 0.3) is 10.4 Å². The average molecular weight is 449 g/mol. The van der Waals surface area contributed by atoms with Crippen LogP contribution in [0.2, 0.25) is 0 Å². The first-order chi connectivity index (χ1) is 14.2. The second-order valence-electron chi connectivity index (χ2n) is 8.47. The van der Waals surface area contributed by atoms with E-state index < -0.39 is 0 Å². The van der Waals surface area contributed by atoms with Gasteiger partial charge in [-0.3, -0.25) is 9.80 Å². The van der Waals surface area contributed by atoms with E-state index in [9.17, 15) is 5.11 Å². The lowest BCUT2D eigenvalue weighted by molar-refractivity contribution is 0.312. The highest BCUT2D eigenvalue weighted by Crippen LogP contribution is 2.39. The van der Waals surface area contributed by atoms with Crippen LogP contribution in [0.15, 0.2) is 12.1 Å². The molecule has 0 spiro atoms. The van der Waals surface area contributed by atoms with Gasteiger partial charge in [0.15, 0.2) is 0 Å². The van der Waals surface area contributed by atoms with Crippen LogP contribution in [0.1, 0.15) is 62.1 Å². The number of benzene rings is 1. The van der Waals surface area contributed by atoms with Gasteiger partial charge in [0.2, 0.25) is 0 Å². The third-order valence-corrected chi connectivity index (χ3v) is 9.41. The first-order valence-electron chi connectivity index (χ1n) is 11.1. The molecule has 2 aliphatic heterocycles. The van der Waals surface area contributed by atoms with Crippen molar-refractivity contribution < 1.29 is 5.11 Å². The molecule has 0 atom stereocenters. The molecule has 6 heteroatoms. The molecule has 0 amide bonds. The van der Waals surface area contributed by atoms with Crippen LogP contribution in [-0.4, -0.2) is 41.1 Å². The van der Waals surface area contributed by atoms with E-state index in [0.29, 0.717) is 5.75 Å². The summed E-state index contributed by atoms with van der Waals surface area (Å²) in [5.41, 5.74) is 4.78. The monoisotopic (exact) mass is 448 g/mol. The van der Waals surface area contributed by atoms with Crippen LogP contribution in [0.3, 0.4) is 0 Å². The number of unbranched alkanes of at least 4 members (excludes halogenated alkanes) is 1. The highest BCUT2D eigenvalue weighted by molar-refractivity contribution is 7.80. The van der Waals surface area contributed by atoms with E-state index in [4.69, 9.17) is 12.2 Å². The zero-order chi connectivity index (χ0) is 20.2. The van der Waals surface area contributed by atoms with Gasteiger partial charge in [0.1, 0.15) is 9.57 Å². The van der Waals surface area contributed by atoms with Crippen LogP contribution >= 0.6 is 32.9 Å². The van der Waals surface area contributed by atoms with E-state index in [2.05, 4.69) is 28.9 Å². The normalized spacial score (nSPS) is 18.1. The molecule has 2 fully saturated rings. The van der Waals surface area contributed by atoms with Crippen LogP contribution in [0, 0.1) is 3.82 Å². The van der Waals surface area contributed by atoms with Crippen LogP contribution in [0.4, 0.5) is 0 Å². The van der Waals surface area contributed by atoms with Crippen molar-refractivity contribution in [1.82, 2.24) is 9.80 Å². The van der Waals surface area contributed by atoms with E-state index in [1.54, 1.807) is 10.3 Å². The van der Waals surface area contributed by atoms with Crippen molar-refractivity contribution in [1.29, 1.82) is 0 Å². The van der Waals surface area contributed by atoms with Crippen LogP contribution < -0.4 is 0 Å². The molecule has 2 aliphatic rings. The van der Waals surface area contributed by atoms with Crippen LogP contribution in [-0.2, 0) is 19.5 Å². The highest BCUT2D eigenvalue weighted by atomic mass is 32.9. The van der Waals surface area contributed by atoms with E-state index in [1.807, 2.05) is 10.3 Å². The Labute approximate surface area is 187 Å². The second kappa shape index (κ2) is 10.0. The molecular weight excluding hydrogens is 416 g/mol. The Morgan fingerprint density at radius 2 is 1.48 bits per heavy atom. The van der Waals surface area contributed by atoms with Gasteiger partial charge >= 0.3 is 0 Å². The molecule has 29 heavy (non-hydrogen) atoms. The minimum atomic E-state index is 0.515. The minimum Gasteiger partial charge on any atom is -0.507 e. The Morgan fingerprint density at radius 1 is 0.931 bits per heavy atom. The fraction of sp³-hybridized carbons (Fsp3) is 0.609.